The van der Waals surface area contributed by atoms with Crippen LogP contribution in [0.15, 0.2) is 35.1 Å². The zero-order chi connectivity index (χ0) is 19.8. The molecule has 0 unspecified atom stereocenters. The van der Waals surface area contributed by atoms with Crippen LogP contribution in [0.2, 0.25) is 0 Å². The Morgan fingerprint density at radius 2 is 1.86 bits per heavy atom. The summed E-state index contributed by atoms with van der Waals surface area (Å²) in [4.78, 5) is 30.4. The van der Waals surface area contributed by atoms with Crippen LogP contribution in [0.25, 0.3) is 17.2 Å². The van der Waals surface area contributed by atoms with E-state index >= 15 is 0 Å². The summed E-state index contributed by atoms with van der Waals surface area (Å²) in [6.07, 6.45) is 8.15. The average Bonchev–Trinajstić information content (AvgIpc) is 3.41. The van der Waals surface area contributed by atoms with Crippen LogP contribution >= 0.6 is 0 Å². The Morgan fingerprint density at radius 1 is 1.07 bits per heavy atom. The van der Waals surface area contributed by atoms with Crippen LogP contribution in [0.1, 0.15) is 49.8 Å². The van der Waals surface area contributed by atoms with Crippen molar-refractivity contribution in [3.63, 3.8) is 0 Å². The van der Waals surface area contributed by atoms with E-state index in [1.165, 1.54) is 23.8 Å². The fourth-order valence-corrected chi connectivity index (χ4v) is 4.66. The number of aromatic nitrogens is 4. The third-order valence-electron chi connectivity index (χ3n) is 6.10. The molecule has 0 aliphatic heterocycles. The van der Waals surface area contributed by atoms with Crippen LogP contribution in [-0.2, 0) is 24.2 Å². The van der Waals surface area contributed by atoms with E-state index in [0.29, 0.717) is 11.6 Å². The first-order valence-electron chi connectivity index (χ1n) is 10.6. The molecule has 2 aliphatic carbocycles. The fourth-order valence-electron chi connectivity index (χ4n) is 4.66. The first-order valence-corrected chi connectivity index (χ1v) is 10.6. The van der Waals surface area contributed by atoms with Gasteiger partial charge in [-0.05, 0) is 32.1 Å². The molecule has 29 heavy (non-hydrogen) atoms. The lowest BCUT2D eigenvalue weighted by molar-refractivity contribution is -0.122. The van der Waals surface area contributed by atoms with Gasteiger partial charge in [-0.15, -0.1) is 5.10 Å². The maximum absolute atomic E-state index is 13.0. The van der Waals surface area contributed by atoms with Gasteiger partial charge in [-0.25, -0.2) is 0 Å². The summed E-state index contributed by atoms with van der Waals surface area (Å²) >= 11 is 0. The lowest BCUT2D eigenvalue weighted by Crippen LogP contribution is -2.39. The van der Waals surface area contributed by atoms with Crippen LogP contribution in [0.4, 0.5) is 0 Å². The van der Waals surface area contributed by atoms with Crippen LogP contribution in [0.5, 0.6) is 0 Å². The largest absolute Gasteiger partial charge is 0.352 e. The van der Waals surface area contributed by atoms with Gasteiger partial charge in [0.25, 0.3) is 5.56 Å². The summed E-state index contributed by atoms with van der Waals surface area (Å²) in [6, 6.07) is 9.88. The minimum absolute atomic E-state index is 0.0131. The second-order valence-electron chi connectivity index (χ2n) is 8.09. The van der Waals surface area contributed by atoms with Crippen molar-refractivity contribution >= 4 is 11.7 Å². The standard InChI is InChI=1S/C22H25N5O2/c28-19(23-16-10-5-2-6-11-16)14-26-18-13-7-12-17(18)21(29)27-22(26)24-20(25-27)15-8-3-1-4-9-15/h1,3-4,8-9,16H,2,5-7,10-14H2,(H,23,28). The lowest BCUT2D eigenvalue weighted by atomic mass is 9.95. The molecule has 150 valence electrons. The van der Waals surface area contributed by atoms with Gasteiger partial charge >= 0.3 is 0 Å². The fraction of sp³-hybridized carbons (Fsp3) is 0.455. The normalized spacial score (nSPS) is 16.8. The monoisotopic (exact) mass is 391 g/mol. The number of carbonyl (C=O) groups is 1. The summed E-state index contributed by atoms with van der Waals surface area (Å²) in [6.45, 7) is 0.176. The maximum atomic E-state index is 13.0. The van der Waals surface area contributed by atoms with Crippen molar-refractivity contribution < 1.29 is 4.79 Å². The van der Waals surface area contributed by atoms with E-state index in [4.69, 9.17) is 0 Å². The quantitative estimate of drug-likeness (QED) is 0.741. The minimum Gasteiger partial charge on any atom is -0.352 e. The van der Waals surface area contributed by atoms with Gasteiger partial charge < -0.3 is 9.88 Å². The van der Waals surface area contributed by atoms with Gasteiger partial charge in [-0.3, -0.25) is 9.59 Å². The molecule has 2 aliphatic rings. The molecule has 7 nitrogen and oxygen atoms in total. The zero-order valence-electron chi connectivity index (χ0n) is 16.4. The first-order chi connectivity index (χ1) is 14.2. The molecule has 1 saturated carbocycles. The van der Waals surface area contributed by atoms with Crippen LogP contribution in [-0.4, -0.2) is 31.1 Å². The van der Waals surface area contributed by atoms with Crippen molar-refractivity contribution in [2.24, 2.45) is 0 Å². The van der Waals surface area contributed by atoms with Crippen LogP contribution < -0.4 is 10.9 Å². The van der Waals surface area contributed by atoms with Crippen molar-refractivity contribution in [3.05, 3.63) is 51.9 Å². The van der Waals surface area contributed by atoms with Crippen LogP contribution in [0.3, 0.4) is 0 Å². The van der Waals surface area contributed by atoms with Crippen molar-refractivity contribution in [1.82, 2.24) is 24.5 Å². The highest BCUT2D eigenvalue weighted by Gasteiger charge is 2.25. The van der Waals surface area contributed by atoms with Crippen molar-refractivity contribution in [2.45, 2.75) is 64.0 Å². The molecule has 0 radical (unpaired) electrons. The number of hydrogen-bond acceptors (Lipinski definition) is 4. The van der Waals surface area contributed by atoms with E-state index in [2.05, 4.69) is 15.4 Å². The molecule has 5 rings (SSSR count). The Kier molecular flexibility index (Phi) is 4.66. The van der Waals surface area contributed by atoms with Gasteiger partial charge in [-0.1, -0.05) is 49.6 Å². The molecule has 3 aromatic rings. The molecule has 7 heteroatoms. The van der Waals surface area contributed by atoms with Gasteiger partial charge in [0, 0.05) is 22.9 Å². The van der Waals surface area contributed by atoms with E-state index in [1.807, 2.05) is 34.9 Å². The highest BCUT2D eigenvalue weighted by atomic mass is 16.2. The summed E-state index contributed by atoms with van der Waals surface area (Å²) in [5, 5.41) is 7.67. The molecule has 0 bridgehead atoms. The molecule has 1 fully saturated rings. The van der Waals surface area contributed by atoms with E-state index in [0.717, 1.165) is 48.9 Å². The highest BCUT2D eigenvalue weighted by Crippen LogP contribution is 2.23. The summed E-state index contributed by atoms with van der Waals surface area (Å²) in [7, 11) is 0. The number of fused-ring (bicyclic) bond motifs is 2. The number of nitrogens with zero attached hydrogens (tertiary/aromatic N) is 4. The predicted molar refractivity (Wildman–Crippen MR) is 110 cm³/mol. The Morgan fingerprint density at radius 3 is 2.66 bits per heavy atom. The average molecular weight is 391 g/mol. The Labute approximate surface area is 168 Å². The van der Waals surface area contributed by atoms with Crippen molar-refractivity contribution in [3.8, 4) is 11.4 Å². The molecular weight excluding hydrogens is 366 g/mol. The molecular formula is C22H25N5O2. The molecule has 0 spiro atoms. The lowest BCUT2D eigenvalue weighted by Gasteiger charge is -2.23. The number of hydrogen-bond donors (Lipinski definition) is 1. The topological polar surface area (TPSA) is 81.3 Å². The van der Waals surface area contributed by atoms with E-state index < -0.39 is 0 Å². The van der Waals surface area contributed by atoms with Gasteiger partial charge in [0.05, 0.1) is 0 Å². The molecule has 1 N–H and O–H groups in total. The zero-order valence-corrected chi connectivity index (χ0v) is 16.4. The maximum Gasteiger partial charge on any atom is 0.279 e. The van der Waals surface area contributed by atoms with E-state index in [9.17, 15) is 9.59 Å². The van der Waals surface area contributed by atoms with Gasteiger partial charge in [-0.2, -0.15) is 9.50 Å². The Hall–Kier alpha value is -2.96. The first kappa shape index (κ1) is 18.1. The smallest absolute Gasteiger partial charge is 0.279 e. The Bertz CT molecular complexity index is 1110. The second-order valence-corrected chi connectivity index (χ2v) is 8.09. The number of amides is 1. The van der Waals surface area contributed by atoms with E-state index in [-0.39, 0.29) is 24.1 Å². The summed E-state index contributed by atoms with van der Waals surface area (Å²) in [5.74, 6) is 0.946. The molecule has 1 aromatic carbocycles. The number of carbonyl (C=O) groups excluding carboxylic acids is 1. The third kappa shape index (κ3) is 3.34. The molecule has 0 saturated heterocycles. The minimum atomic E-state index is -0.105. The Balaban J connectivity index is 1.54. The summed E-state index contributed by atoms with van der Waals surface area (Å²) < 4.78 is 3.28. The van der Waals surface area contributed by atoms with E-state index in [1.54, 1.807) is 0 Å². The van der Waals surface area contributed by atoms with Crippen molar-refractivity contribution in [1.29, 1.82) is 0 Å². The van der Waals surface area contributed by atoms with Crippen molar-refractivity contribution in [2.75, 3.05) is 0 Å². The molecule has 2 heterocycles. The number of nitrogens with one attached hydrogen (secondary N) is 1. The van der Waals surface area contributed by atoms with Gasteiger partial charge in [0.15, 0.2) is 5.82 Å². The SMILES string of the molecule is O=C(Cn1c2c(c(=O)n3nc(-c4ccccc4)nc13)CCC2)NC1CCCCC1. The third-order valence-corrected chi connectivity index (χ3v) is 6.10. The molecule has 2 aromatic heterocycles. The van der Waals surface area contributed by atoms with Crippen LogP contribution in [0, 0.1) is 0 Å². The second kappa shape index (κ2) is 7.46. The number of benzene rings is 1. The molecule has 0 atom stereocenters. The summed E-state index contributed by atoms with van der Waals surface area (Å²) in [5.41, 5.74) is 2.46. The van der Waals surface area contributed by atoms with Gasteiger partial charge in [0.1, 0.15) is 6.54 Å². The highest BCUT2D eigenvalue weighted by molar-refractivity contribution is 5.77. The van der Waals surface area contributed by atoms with Gasteiger partial charge in [0.2, 0.25) is 11.7 Å². The molecule has 1 amide bonds. The number of rotatable bonds is 4. The predicted octanol–water partition coefficient (Wildman–Crippen LogP) is 2.50.